The van der Waals surface area contributed by atoms with Gasteiger partial charge in [0.2, 0.25) is 5.91 Å². The lowest BCUT2D eigenvalue weighted by Gasteiger charge is -2.32. The molecule has 1 fully saturated rings. The molecule has 0 aromatic heterocycles. The summed E-state index contributed by atoms with van der Waals surface area (Å²) in [6.07, 6.45) is 1.96. The number of nitrogens with zero attached hydrogens (tertiary/aromatic N) is 1. The normalized spacial score (nSPS) is 19.6. The first kappa shape index (κ1) is 19.2. The standard InChI is InChI=1S/C14H21N3O.2ClH/c1-10-4-6-11(7-5-10)13(16)14(18)17-8-2-3-12(15)9-17;;/h4-7,12-13H,2-3,8-9,15-16H2,1H3;2*1H/t12-,13?;;/m1../s1. The second-order valence-corrected chi connectivity index (χ2v) is 5.07. The molecule has 4 nitrogen and oxygen atoms in total. The molecule has 1 unspecified atom stereocenters. The molecule has 1 aromatic carbocycles. The van der Waals surface area contributed by atoms with Gasteiger partial charge in [-0.15, -0.1) is 24.8 Å². The smallest absolute Gasteiger partial charge is 0.244 e. The number of hydrogen-bond acceptors (Lipinski definition) is 3. The van der Waals surface area contributed by atoms with E-state index >= 15 is 0 Å². The first-order chi connectivity index (χ1) is 8.58. The lowest BCUT2D eigenvalue weighted by atomic mass is 10.0. The zero-order valence-corrected chi connectivity index (χ0v) is 13.3. The van der Waals surface area contributed by atoms with Crippen molar-refractivity contribution in [2.75, 3.05) is 13.1 Å². The van der Waals surface area contributed by atoms with Crippen molar-refractivity contribution in [3.8, 4) is 0 Å². The summed E-state index contributed by atoms with van der Waals surface area (Å²) in [6.45, 7) is 3.41. The van der Waals surface area contributed by atoms with Gasteiger partial charge < -0.3 is 16.4 Å². The summed E-state index contributed by atoms with van der Waals surface area (Å²) in [5.41, 5.74) is 14.0. The predicted molar refractivity (Wildman–Crippen MR) is 86.4 cm³/mol. The molecule has 0 saturated carbocycles. The largest absolute Gasteiger partial charge is 0.339 e. The average molecular weight is 320 g/mol. The Morgan fingerprint density at radius 3 is 2.45 bits per heavy atom. The number of rotatable bonds is 2. The van der Waals surface area contributed by atoms with E-state index in [-0.39, 0.29) is 36.8 Å². The van der Waals surface area contributed by atoms with Crippen LogP contribution in [0.4, 0.5) is 0 Å². The molecule has 1 amide bonds. The highest BCUT2D eigenvalue weighted by atomic mass is 35.5. The molecule has 114 valence electrons. The number of nitrogens with two attached hydrogens (primary N) is 2. The second-order valence-electron chi connectivity index (χ2n) is 5.07. The van der Waals surface area contributed by atoms with E-state index in [2.05, 4.69) is 0 Å². The Labute approximate surface area is 132 Å². The summed E-state index contributed by atoms with van der Waals surface area (Å²) in [6, 6.07) is 7.31. The number of piperidine rings is 1. The maximum Gasteiger partial charge on any atom is 0.244 e. The molecule has 1 aromatic rings. The summed E-state index contributed by atoms with van der Waals surface area (Å²) in [5.74, 6) is -0.0194. The van der Waals surface area contributed by atoms with Gasteiger partial charge in [0.15, 0.2) is 0 Å². The minimum Gasteiger partial charge on any atom is -0.339 e. The summed E-state index contributed by atoms with van der Waals surface area (Å²) < 4.78 is 0. The number of benzene rings is 1. The molecule has 1 aliphatic heterocycles. The van der Waals surface area contributed by atoms with Crippen molar-refractivity contribution >= 4 is 30.7 Å². The van der Waals surface area contributed by atoms with Crippen molar-refractivity contribution in [2.24, 2.45) is 11.5 Å². The Morgan fingerprint density at radius 1 is 1.30 bits per heavy atom. The van der Waals surface area contributed by atoms with E-state index in [1.807, 2.05) is 31.2 Å². The van der Waals surface area contributed by atoms with Gasteiger partial charge in [0, 0.05) is 19.1 Å². The third-order valence-electron chi connectivity index (χ3n) is 3.47. The number of amides is 1. The topological polar surface area (TPSA) is 72.4 Å². The van der Waals surface area contributed by atoms with Gasteiger partial charge in [0.05, 0.1) is 0 Å². The number of aryl methyl sites for hydroxylation is 1. The number of likely N-dealkylation sites (tertiary alicyclic amines) is 1. The zero-order valence-electron chi connectivity index (χ0n) is 11.6. The van der Waals surface area contributed by atoms with Gasteiger partial charge in [-0.05, 0) is 25.3 Å². The van der Waals surface area contributed by atoms with Crippen molar-refractivity contribution in [1.82, 2.24) is 4.90 Å². The van der Waals surface area contributed by atoms with E-state index < -0.39 is 6.04 Å². The van der Waals surface area contributed by atoms with Crippen LogP contribution in [0.3, 0.4) is 0 Å². The molecule has 1 heterocycles. The third-order valence-corrected chi connectivity index (χ3v) is 3.47. The fraction of sp³-hybridized carbons (Fsp3) is 0.500. The van der Waals surface area contributed by atoms with E-state index in [0.29, 0.717) is 6.54 Å². The van der Waals surface area contributed by atoms with E-state index in [0.717, 1.165) is 24.9 Å². The molecule has 6 heteroatoms. The van der Waals surface area contributed by atoms with Gasteiger partial charge in [-0.3, -0.25) is 4.79 Å². The van der Waals surface area contributed by atoms with Crippen LogP contribution < -0.4 is 11.5 Å². The highest BCUT2D eigenvalue weighted by Crippen LogP contribution is 2.17. The maximum absolute atomic E-state index is 12.3. The Balaban J connectivity index is 0.00000180. The average Bonchev–Trinajstić information content (AvgIpc) is 2.38. The Bertz CT molecular complexity index is 425. The molecule has 1 saturated heterocycles. The van der Waals surface area contributed by atoms with Crippen molar-refractivity contribution in [2.45, 2.75) is 31.8 Å². The fourth-order valence-electron chi connectivity index (χ4n) is 2.32. The van der Waals surface area contributed by atoms with Crippen molar-refractivity contribution < 1.29 is 4.79 Å². The molecule has 0 aliphatic carbocycles. The van der Waals surface area contributed by atoms with Gasteiger partial charge >= 0.3 is 0 Å². The highest BCUT2D eigenvalue weighted by molar-refractivity contribution is 5.85. The fourth-order valence-corrected chi connectivity index (χ4v) is 2.32. The van der Waals surface area contributed by atoms with Crippen molar-refractivity contribution in [1.29, 1.82) is 0 Å². The lowest BCUT2D eigenvalue weighted by molar-refractivity contribution is -0.133. The van der Waals surface area contributed by atoms with E-state index in [4.69, 9.17) is 11.5 Å². The molecule has 0 bridgehead atoms. The minimum absolute atomic E-state index is 0. The molecule has 0 radical (unpaired) electrons. The molecule has 2 atom stereocenters. The highest BCUT2D eigenvalue weighted by Gasteiger charge is 2.26. The van der Waals surface area contributed by atoms with Crippen LogP contribution in [-0.2, 0) is 4.79 Å². The summed E-state index contributed by atoms with van der Waals surface area (Å²) in [4.78, 5) is 14.1. The second kappa shape index (κ2) is 8.47. The van der Waals surface area contributed by atoms with Gasteiger partial charge in [0.25, 0.3) is 0 Å². The quantitative estimate of drug-likeness (QED) is 0.872. The zero-order chi connectivity index (χ0) is 13.1. The van der Waals surface area contributed by atoms with Crippen LogP contribution in [0, 0.1) is 6.92 Å². The molecule has 20 heavy (non-hydrogen) atoms. The van der Waals surface area contributed by atoms with Crippen LogP contribution in [0.1, 0.15) is 30.0 Å². The number of halogens is 2. The summed E-state index contributed by atoms with van der Waals surface area (Å²) in [7, 11) is 0. The summed E-state index contributed by atoms with van der Waals surface area (Å²) >= 11 is 0. The van der Waals surface area contributed by atoms with Crippen LogP contribution in [0.2, 0.25) is 0 Å². The lowest BCUT2D eigenvalue weighted by Crippen LogP contribution is -2.48. The molecular formula is C14H23Cl2N3O. The number of carbonyl (C=O) groups excluding carboxylic acids is 1. The molecular weight excluding hydrogens is 297 g/mol. The van der Waals surface area contributed by atoms with Crippen molar-refractivity contribution in [3.05, 3.63) is 35.4 Å². The van der Waals surface area contributed by atoms with E-state index in [9.17, 15) is 4.79 Å². The first-order valence-electron chi connectivity index (χ1n) is 6.44. The monoisotopic (exact) mass is 319 g/mol. The Morgan fingerprint density at radius 2 is 1.90 bits per heavy atom. The number of hydrogen-bond donors (Lipinski definition) is 2. The SMILES string of the molecule is Cc1ccc(C(N)C(=O)N2CCC[C@@H](N)C2)cc1.Cl.Cl. The summed E-state index contributed by atoms with van der Waals surface area (Å²) in [5, 5.41) is 0. The van der Waals surface area contributed by atoms with Gasteiger partial charge in [-0.1, -0.05) is 29.8 Å². The minimum atomic E-state index is -0.573. The van der Waals surface area contributed by atoms with E-state index in [1.165, 1.54) is 5.56 Å². The van der Waals surface area contributed by atoms with Crippen LogP contribution in [-0.4, -0.2) is 29.9 Å². The molecule has 4 N–H and O–H groups in total. The van der Waals surface area contributed by atoms with Crippen LogP contribution in [0.5, 0.6) is 0 Å². The Hall–Kier alpha value is -0.810. The van der Waals surface area contributed by atoms with Gasteiger partial charge in [0.1, 0.15) is 6.04 Å². The van der Waals surface area contributed by atoms with Crippen molar-refractivity contribution in [3.63, 3.8) is 0 Å². The van der Waals surface area contributed by atoms with E-state index in [1.54, 1.807) is 4.90 Å². The van der Waals surface area contributed by atoms with Gasteiger partial charge in [-0.25, -0.2) is 0 Å². The van der Waals surface area contributed by atoms with Gasteiger partial charge in [-0.2, -0.15) is 0 Å². The molecule has 0 spiro atoms. The maximum atomic E-state index is 12.3. The number of carbonyl (C=O) groups is 1. The first-order valence-corrected chi connectivity index (χ1v) is 6.44. The molecule has 2 rings (SSSR count). The van der Waals surface area contributed by atoms with Crippen LogP contribution >= 0.6 is 24.8 Å². The predicted octanol–water partition coefficient (Wildman–Crippen LogP) is 1.79. The molecule has 1 aliphatic rings. The Kier molecular flexibility index (Phi) is 8.13. The third kappa shape index (κ3) is 4.63. The van der Waals surface area contributed by atoms with Crippen LogP contribution in [0.25, 0.3) is 0 Å². The van der Waals surface area contributed by atoms with Crippen LogP contribution in [0.15, 0.2) is 24.3 Å².